The molecule has 2 aromatic carbocycles. The van der Waals surface area contributed by atoms with Crippen LogP contribution in [0.1, 0.15) is 30.0 Å². The maximum absolute atomic E-state index is 12.8. The van der Waals surface area contributed by atoms with Crippen molar-refractivity contribution in [2.45, 2.75) is 25.9 Å². The van der Waals surface area contributed by atoms with E-state index >= 15 is 0 Å². The van der Waals surface area contributed by atoms with Crippen LogP contribution in [0.5, 0.6) is 0 Å². The van der Waals surface area contributed by atoms with E-state index in [9.17, 15) is 22.8 Å². The molecule has 2 aromatic rings. The normalized spacial score (nSPS) is 15.6. The zero-order valence-electron chi connectivity index (χ0n) is 16.5. The predicted molar refractivity (Wildman–Crippen MR) is 120 cm³/mol. The van der Waals surface area contributed by atoms with Crippen LogP contribution < -0.4 is 5.32 Å². The lowest BCUT2D eigenvalue weighted by Crippen LogP contribution is -2.31. The molecular weight excluding hydrogens is 445 g/mol. The average Bonchev–Trinajstić information content (AvgIpc) is 2.99. The molecule has 1 saturated heterocycles. The van der Waals surface area contributed by atoms with Crippen molar-refractivity contribution in [3.63, 3.8) is 0 Å². The van der Waals surface area contributed by atoms with Crippen LogP contribution >= 0.6 is 24.0 Å². The molecule has 1 heterocycles. The standard InChI is InChI=1S/C22H19F3N2O2S2/c1-2-14-6-8-15(9-7-14)12-18-20(29)27(21(30)31-18)11-10-19(28)26-17-5-3-4-16(13-17)22(23,24)25/h3-9,12-13H,2,10-11H2,1H3,(H,26,28)/b18-12+. The second-order valence-corrected chi connectivity index (χ2v) is 8.48. The Bertz CT molecular complexity index is 1030. The number of nitrogens with one attached hydrogen (secondary N) is 1. The fourth-order valence-electron chi connectivity index (χ4n) is 2.90. The van der Waals surface area contributed by atoms with Gasteiger partial charge in [0.05, 0.1) is 10.5 Å². The Morgan fingerprint density at radius 1 is 1.19 bits per heavy atom. The summed E-state index contributed by atoms with van der Waals surface area (Å²) in [5.41, 5.74) is 1.26. The third-order valence-corrected chi connectivity index (χ3v) is 5.97. The molecular formula is C22H19F3N2O2S2. The zero-order valence-corrected chi connectivity index (χ0v) is 18.2. The largest absolute Gasteiger partial charge is 0.416 e. The molecule has 0 aliphatic carbocycles. The van der Waals surface area contributed by atoms with Crippen molar-refractivity contribution in [1.29, 1.82) is 0 Å². The van der Waals surface area contributed by atoms with Gasteiger partial charge in [-0.05, 0) is 41.8 Å². The molecule has 0 aromatic heterocycles. The quantitative estimate of drug-likeness (QED) is 0.453. The summed E-state index contributed by atoms with van der Waals surface area (Å²) in [5.74, 6) is -0.797. The molecule has 31 heavy (non-hydrogen) atoms. The minimum absolute atomic E-state index is 0.0423. The van der Waals surface area contributed by atoms with Crippen LogP contribution in [0, 0.1) is 0 Å². The number of halogens is 3. The third-order valence-electron chi connectivity index (χ3n) is 4.60. The van der Waals surface area contributed by atoms with Gasteiger partial charge >= 0.3 is 6.18 Å². The number of thioether (sulfide) groups is 1. The lowest BCUT2D eigenvalue weighted by atomic mass is 10.1. The van der Waals surface area contributed by atoms with Gasteiger partial charge in [-0.2, -0.15) is 13.2 Å². The lowest BCUT2D eigenvalue weighted by molar-refractivity contribution is -0.137. The number of carbonyl (C=O) groups is 2. The molecule has 3 rings (SSSR count). The van der Waals surface area contributed by atoms with E-state index < -0.39 is 17.6 Å². The van der Waals surface area contributed by atoms with Crippen LogP contribution in [0.3, 0.4) is 0 Å². The summed E-state index contributed by atoms with van der Waals surface area (Å²) in [6.45, 7) is 2.10. The third kappa shape index (κ3) is 5.95. The predicted octanol–water partition coefficient (Wildman–Crippen LogP) is 5.50. The first-order valence-electron chi connectivity index (χ1n) is 9.49. The van der Waals surface area contributed by atoms with Gasteiger partial charge in [-0.25, -0.2) is 0 Å². The Morgan fingerprint density at radius 3 is 2.55 bits per heavy atom. The monoisotopic (exact) mass is 464 g/mol. The van der Waals surface area contributed by atoms with Crippen molar-refractivity contribution in [3.8, 4) is 0 Å². The number of hydrogen-bond donors (Lipinski definition) is 1. The number of thiocarbonyl (C=S) groups is 1. The van der Waals surface area contributed by atoms with Gasteiger partial charge < -0.3 is 5.32 Å². The summed E-state index contributed by atoms with van der Waals surface area (Å²) < 4.78 is 38.7. The minimum Gasteiger partial charge on any atom is -0.326 e. The van der Waals surface area contributed by atoms with Crippen LogP contribution in [0.4, 0.5) is 18.9 Å². The maximum Gasteiger partial charge on any atom is 0.416 e. The van der Waals surface area contributed by atoms with E-state index in [1.54, 1.807) is 6.08 Å². The topological polar surface area (TPSA) is 49.4 Å². The Hall–Kier alpha value is -2.65. The van der Waals surface area contributed by atoms with Gasteiger partial charge in [-0.1, -0.05) is 61.2 Å². The smallest absolute Gasteiger partial charge is 0.326 e. The van der Waals surface area contributed by atoms with E-state index in [0.717, 1.165) is 35.9 Å². The number of benzene rings is 2. The molecule has 1 aliphatic heterocycles. The fraction of sp³-hybridized carbons (Fsp3) is 0.227. The lowest BCUT2D eigenvalue weighted by Gasteiger charge is -2.14. The van der Waals surface area contributed by atoms with E-state index in [0.29, 0.717) is 9.23 Å². The van der Waals surface area contributed by atoms with E-state index in [4.69, 9.17) is 12.2 Å². The minimum atomic E-state index is -4.49. The fourth-order valence-corrected chi connectivity index (χ4v) is 4.21. The molecule has 1 N–H and O–H groups in total. The molecule has 162 valence electrons. The number of nitrogens with zero attached hydrogens (tertiary/aromatic N) is 1. The van der Waals surface area contributed by atoms with Gasteiger partial charge in [-0.3, -0.25) is 14.5 Å². The molecule has 2 amide bonds. The average molecular weight is 465 g/mol. The van der Waals surface area contributed by atoms with Gasteiger partial charge in [0.15, 0.2) is 0 Å². The van der Waals surface area contributed by atoms with Crippen LogP contribution in [0.2, 0.25) is 0 Å². The van der Waals surface area contributed by atoms with E-state index in [-0.39, 0.29) is 24.6 Å². The number of alkyl halides is 3. The summed E-state index contributed by atoms with van der Waals surface area (Å²) >= 11 is 6.42. The number of hydrogen-bond acceptors (Lipinski definition) is 4. The highest BCUT2D eigenvalue weighted by Crippen LogP contribution is 2.33. The van der Waals surface area contributed by atoms with Crippen LogP contribution in [0.15, 0.2) is 53.4 Å². The molecule has 0 unspecified atom stereocenters. The first-order valence-corrected chi connectivity index (χ1v) is 10.7. The summed E-state index contributed by atoms with van der Waals surface area (Å²) in [5, 5.41) is 2.43. The second kappa shape index (κ2) is 9.65. The molecule has 1 aliphatic rings. The summed E-state index contributed by atoms with van der Waals surface area (Å²) in [6, 6.07) is 12.2. The van der Waals surface area contributed by atoms with Crippen molar-refractivity contribution in [3.05, 3.63) is 70.1 Å². The summed E-state index contributed by atoms with van der Waals surface area (Å²) in [6.07, 6.45) is -1.92. The molecule has 0 spiro atoms. The highest BCUT2D eigenvalue weighted by molar-refractivity contribution is 8.26. The van der Waals surface area contributed by atoms with Crippen LogP contribution in [-0.4, -0.2) is 27.6 Å². The molecule has 4 nitrogen and oxygen atoms in total. The Kier molecular flexibility index (Phi) is 7.17. The SMILES string of the molecule is CCc1ccc(/C=C2/SC(=S)N(CCC(=O)Nc3cccc(C(F)(F)F)c3)C2=O)cc1. The molecule has 1 fully saturated rings. The number of rotatable bonds is 6. The highest BCUT2D eigenvalue weighted by Gasteiger charge is 2.32. The maximum atomic E-state index is 12.8. The van der Waals surface area contributed by atoms with E-state index in [1.165, 1.54) is 22.6 Å². The molecule has 0 radical (unpaired) electrons. The Morgan fingerprint density at radius 2 is 1.90 bits per heavy atom. The first kappa shape index (κ1) is 23.0. The Labute approximate surface area is 187 Å². The van der Waals surface area contributed by atoms with Gasteiger partial charge in [0.2, 0.25) is 5.91 Å². The van der Waals surface area contributed by atoms with Crippen LogP contribution in [0.25, 0.3) is 6.08 Å². The molecule has 0 bridgehead atoms. The number of aryl methyl sites for hydroxylation is 1. The van der Waals surface area contributed by atoms with Gasteiger partial charge in [0.1, 0.15) is 4.32 Å². The second-order valence-electron chi connectivity index (χ2n) is 6.81. The zero-order chi connectivity index (χ0) is 22.6. The van der Waals surface area contributed by atoms with Crippen molar-refractivity contribution < 1.29 is 22.8 Å². The molecule has 9 heteroatoms. The van der Waals surface area contributed by atoms with Crippen molar-refractivity contribution in [1.82, 2.24) is 4.90 Å². The highest BCUT2D eigenvalue weighted by atomic mass is 32.2. The van der Waals surface area contributed by atoms with Crippen molar-refractivity contribution in [2.75, 3.05) is 11.9 Å². The first-order chi connectivity index (χ1) is 14.7. The van der Waals surface area contributed by atoms with Crippen molar-refractivity contribution >= 4 is 51.9 Å². The van der Waals surface area contributed by atoms with Crippen molar-refractivity contribution in [2.24, 2.45) is 0 Å². The number of anilines is 1. The van der Waals surface area contributed by atoms with Gasteiger partial charge in [0, 0.05) is 18.7 Å². The van der Waals surface area contributed by atoms with E-state index in [2.05, 4.69) is 12.2 Å². The van der Waals surface area contributed by atoms with Gasteiger partial charge in [-0.15, -0.1) is 0 Å². The van der Waals surface area contributed by atoms with Gasteiger partial charge in [0.25, 0.3) is 5.91 Å². The summed E-state index contributed by atoms with van der Waals surface area (Å²) in [4.78, 5) is 26.6. The summed E-state index contributed by atoms with van der Waals surface area (Å²) in [7, 11) is 0. The number of carbonyl (C=O) groups excluding carboxylic acids is 2. The Balaban J connectivity index is 1.60. The van der Waals surface area contributed by atoms with Crippen LogP contribution in [-0.2, 0) is 22.2 Å². The number of amides is 2. The molecule has 0 saturated carbocycles. The molecule has 0 atom stereocenters. The van der Waals surface area contributed by atoms with E-state index in [1.807, 2.05) is 24.3 Å².